The lowest BCUT2D eigenvalue weighted by Gasteiger charge is -2.14. The Morgan fingerprint density at radius 2 is 1.92 bits per heavy atom. The smallest absolute Gasteiger partial charge is 0.154 e. The summed E-state index contributed by atoms with van der Waals surface area (Å²) in [6.45, 7) is 0. The van der Waals surface area contributed by atoms with Gasteiger partial charge in [-0.3, -0.25) is 0 Å². The van der Waals surface area contributed by atoms with Crippen molar-refractivity contribution in [3.05, 3.63) is 71.8 Å². The minimum Gasteiger partial charge on any atom is -0.382 e. The zero-order valence-corrected chi connectivity index (χ0v) is 15.6. The van der Waals surface area contributed by atoms with E-state index in [0.29, 0.717) is 5.84 Å². The number of allylic oxidation sites excluding steroid dienone is 4. The molecule has 0 spiro atoms. The maximum Gasteiger partial charge on any atom is 0.154 e. The van der Waals surface area contributed by atoms with Gasteiger partial charge in [0.2, 0.25) is 0 Å². The number of hydrazone groups is 1. The second-order valence-corrected chi connectivity index (χ2v) is 6.65. The SMILES string of the molecule is CN(N)/N=C(\N)c1cc(S)ccc1Nc1ccc(C2=CCCC=C2)cc1. The first-order chi connectivity index (χ1) is 12.5. The molecule has 5 N–H and O–H groups in total. The predicted molar refractivity (Wildman–Crippen MR) is 112 cm³/mol. The second-order valence-electron chi connectivity index (χ2n) is 6.13. The Kier molecular flexibility index (Phi) is 5.65. The average Bonchev–Trinajstić information content (AvgIpc) is 2.64. The number of amidine groups is 1. The number of hydrogen-bond acceptors (Lipinski definition) is 5. The van der Waals surface area contributed by atoms with Gasteiger partial charge in [0.05, 0.1) is 0 Å². The molecule has 3 rings (SSSR count). The molecule has 26 heavy (non-hydrogen) atoms. The van der Waals surface area contributed by atoms with Gasteiger partial charge in [-0.2, -0.15) is 0 Å². The van der Waals surface area contributed by atoms with Crippen molar-refractivity contribution in [2.24, 2.45) is 16.7 Å². The van der Waals surface area contributed by atoms with Crippen molar-refractivity contribution in [2.75, 3.05) is 12.4 Å². The molecule has 1 aliphatic rings. The molecular weight excluding hydrogens is 342 g/mol. The fourth-order valence-electron chi connectivity index (χ4n) is 2.81. The van der Waals surface area contributed by atoms with Crippen LogP contribution in [-0.4, -0.2) is 18.0 Å². The molecule has 0 heterocycles. The van der Waals surface area contributed by atoms with E-state index in [1.165, 1.54) is 16.3 Å². The summed E-state index contributed by atoms with van der Waals surface area (Å²) in [7, 11) is 1.62. The molecule has 5 nitrogen and oxygen atoms in total. The monoisotopic (exact) mass is 365 g/mol. The summed E-state index contributed by atoms with van der Waals surface area (Å²) < 4.78 is 0. The van der Waals surface area contributed by atoms with Crippen LogP contribution in [-0.2, 0) is 0 Å². The molecule has 0 bridgehead atoms. The van der Waals surface area contributed by atoms with E-state index in [1.54, 1.807) is 7.05 Å². The minimum absolute atomic E-state index is 0.322. The lowest BCUT2D eigenvalue weighted by atomic mass is 9.99. The van der Waals surface area contributed by atoms with Crippen molar-refractivity contribution in [1.29, 1.82) is 0 Å². The van der Waals surface area contributed by atoms with Gasteiger partial charge in [0, 0.05) is 28.9 Å². The van der Waals surface area contributed by atoms with E-state index in [4.69, 9.17) is 11.6 Å². The van der Waals surface area contributed by atoms with Crippen molar-refractivity contribution in [3.8, 4) is 0 Å². The van der Waals surface area contributed by atoms with Crippen LogP contribution in [0.15, 0.2) is 70.7 Å². The van der Waals surface area contributed by atoms with E-state index >= 15 is 0 Å². The highest BCUT2D eigenvalue weighted by atomic mass is 32.1. The van der Waals surface area contributed by atoms with Crippen LogP contribution in [0.4, 0.5) is 11.4 Å². The Morgan fingerprint density at radius 1 is 1.15 bits per heavy atom. The van der Waals surface area contributed by atoms with Gasteiger partial charge in [0.1, 0.15) is 0 Å². The van der Waals surface area contributed by atoms with Crippen LogP contribution in [0.1, 0.15) is 24.0 Å². The van der Waals surface area contributed by atoms with Gasteiger partial charge in [0.15, 0.2) is 5.84 Å². The number of nitrogens with two attached hydrogens (primary N) is 2. The molecule has 0 unspecified atom stereocenters. The summed E-state index contributed by atoms with van der Waals surface area (Å²) in [5.41, 5.74) is 11.1. The number of hydrazine groups is 1. The highest BCUT2D eigenvalue weighted by Gasteiger charge is 2.09. The fourth-order valence-corrected chi connectivity index (χ4v) is 3.01. The number of benzene rings is 2. The maximum atomic E-state index is 6.08. The van der Waals surface area contributed by atoms with Crippen LogP contribution in [0.25, 0.3) is 5.57 Å². The van der Waals surface area contributed by atoms with Crippen LogP contribution in [0.5, 0.6) is 0 Å². The van der Waals surface area contributed by atoms with Gasteiger partial charge in [-0.05, 0) is 54.3 Å². The number of thiol groups is 1. The number of anilines is 2. The first kappa shape index (κ1) is 18.1. The largest absolute Gasteiger partial charge is 0.382 e. The molecular formula is C20H23N5S. The second kappa shape index (κ2) is 8.12. The summed E-state index contributed by atoms with van der Waals surface area (Å²) in [4.78, 5) is 0.801. The summed E-state index contributed by atoms with van der Waals surface area (Å²) in [5, 5.41) is 8.66. The van der Waals surface area contributed by atoms with E-state index < -0.39 is 0 Å². The van der Waals surface area contributed by atoms with Gasteiger partial charge < -0.3 is 11.1 Å². The summed E-state index contributed by atoms with van der Waals surface area (Å²) in [5.74, 6) is 5.90. The Bertz CT molecular complexity index is 866. The third-order valence-electron chi connectivity index (χ3n) is 4.04. The summed E-state index contributed by atoms with van der Waals surface area (Å²) in [6.07, 6.45) is 8.87. The Morgan fingerprint density at radius 3 is 2.58 bits per heavy atom. The first-order valence-corrected chi connectivity index (χ1v) is 8.88. The van der Waals surface area contributed by atoms with Gasteiger partial charge in [-0.25, -0.2) is 11.0 Å². The summed E-state index contributed by atoms with van der Waals surface area (Å²) >= 11 is 4.39. The van der Waals surface area contributed by atoms with Crippen LogP contribution in [0.3, 0.4) is 0 Å². The molecule has 6 heteroatoms. The molecule has 2 aromatic carbocycles. The quantitative estimate of drug-likeness (QED) is 0.213. The van der Waals surface area contributed by atoms with Gasteiger partial charge in [0.25, 0.3) is 0 Å². The predicted octanol–water partition coefficient (Wildman–Crippen LogP) is 3.88. The molecule has 2 aromatic rings. The highest BCUT2D eigenvalue weighted by Crippen LogP contribution is 2.26. The molecule has 0 aliphatic heterocycles. The standard InChI is InChI=1S/C20H23N5S/c1-25(22)24-20(21)18-13-17(26)11-12-19(18)23-16-9-7-15(8-10-16)14-5-3-2-4-6-14/h3,5-13,23,26H,2,4,22H2,1H3,(H2,21,24). The zero-order valence-electron chi connectivity index (χ0n) is 14.7. The van der Waals surface area contributed by atoms with E-state index in [-0.39, 0.29) is 0 Å². The molecule has 0 amide bonds. The third-order valence-corrected chi connectivity index (χ3v) is 4.31. The Hall–Kier alpha value is -2.70. The van der Waals surface area contributed by atoms with E-state index in [1.807, 2.05) is 18.2 Å². The van der Waals surface area contributed by atoms with E-state index in [2.05, 4.69) is 65.5 Å². The number of nitrogens with one attached hydrogen (secondary N) is 1. The van der Waals surface area contributed by atoms with E-state index in [0.717, 1.165) is 34.7 Å². The van der Waals surface area contributed by atoms with Crippen LogP contribution >= 0.6 is 12.6 Å². The fraction of sp³-hybridized carbons (Fsp3) is 0.150. The average molecular weight is 366 g/mol. The molecule has 1 aliphatic carbocycles. The Balaban J connectivity index is 1.85. The molecule has 0 aromatic heterocycles. The molecule has 134 valence electrons. The minimum atomic E-state index is 0.322. The highest BCUT2D eigenvalue weighted by molar-refractivity contribution is 7.80. The van der Waals surface area contributed by atoms with Crippen LogP contribution in [0.2, 0.25) is 0 Å². The first-order valence-electron chi connectivity index (χ1n) is 8.43. The summed E-state index contributed by atoms with van der Waals surface area (Å²) in [6, 6.07) is 14.0. The van der Waals surface area contributed by atoms with Crippen LogP contribution < -0.4 is 16.9 Å². The maximum absolute atomic E-state index is 6.08. The topological polar surface area (TPSA) is 79.7 Å². The van der Waals surface area contributed by atoms with Gasteiger partial charge in [-0.1, -0.05) is 30.4 Å². The Labute approximate surface area is 159 Å². The lowest BCUT2D eigenvalue weighted by Crippen LogP contribution is -2.26. The number of hydrogen-bond donors (Lipinski definition) is 4. The number of rotatable bonds is 5. The molecule has 0 atom stereocenters. The molecule has 0 radical (unpaired) electrons. The molecule has 0 saturated heterocycles. The number of nitrogens with zero attached hydrogens (tertiary/aromatic N) is 2. The molecule has 0 saturated carbocycles. The van der Waals surface area contributed by atoms with Crippen molar-refractivity contribution >= 4 is 35.4 Å². The lowest BCUT2D eigenvalue weighted by molar-refractivity contribution is 0.371. The van der Waals surface area contributed by atoms with E-state index in [9.17, 15) is 0 Å². The third kappa shape index (κ3) is 4.47. The van der Waals surface area contributed by atoms with Crippen molar-refractivity contribution in [3.63, 3.8) is 0 Å². The van der Waals surface area contributed by atoms with Gasteiger partial charge in [-0.15, -0.1) is 17.7 Å². The normalized spacial score (nSPS) is 14.1. The van der Waals surface area contributed by atoms with Crippen molar-refractivity contribution < 1.29 is 0 Å². The van der Waals surface area contributed by atoms with Crippen LogP contribution in [0, 0.1) is 0 Å². The zero-order chi connectivity index (χ0) is 18.5. The van der Waals surface area contributed by atoms with Crippen molar-refractivity contribution in [2.45, 2.75) is 17.7 Å². The van der Waals surface area contributed by atoms with Gasteiger partial charge >= 0.3 is 0 Å². The molecule has 0 fully saturated rings. The van der Waals surface area contributed by atoms with Crippen molar-refractivity contribution in [1.82, 2.24) is 5.12 Å².